The topological polar surface area (TPSA) is 198 Å². The first-order chi connectivity index (χ1) is 13.9. The number of carbonyl (C=O) groups excluding carboxylic acids is 2. The molecule has 0 saturated carbocycles. The smallest absolute Gasteiger partial charge is 0.326 e. The minimum absolute atomic E-state index is 0.0383. The zero-order valence-electron chi connectivity index (χ0n) is 16.2. The van der Waals surface area contributed by atoms with Crippen molar-refractivity contribution in [3.8, 4) is 0 Å². The van der Waals surface area contributed by atoms with Crippen molar-refractivity contribution in [2.45, 2.75) is 63.1 Å². The molecule has 162 valence electrons. The predicted octanol–water partition coefficient (Wildman–Crippen LogP) is -0.318. The third-order valence-corrected chi connectivity index (χ3v) is 4.64. The van der Waals surface area contributed by atoms with Gasteiger partial charge in [0.2, 0.25) is 11.8 Å². The van der Waals surface area contributed by atoms with Gasteiger partial charge in [-0.2, -0.15) is 4.98 Å². The molecule has 0 spiro atoms. The van der Waals surface area contributed by atoms with E-state index >= 15 is 0 Å². The number of amides is 3. The average Bonchev–Trinajstić information content (AvgIpc) is 3.17. The first kappa shape index (κ1) is 22.6. The van der Waals surface area contributed by atoms with Gasteiger partial charge in [0.05, 0.1) is 12.5 Å². The largest absolute Gasteiger partial charge is 0.480 e. The number of primary amides is 1. The molecule has 1 aromatic rings. The summed E-state index contributed by atoms with van der Waals surface area (Å²) in [7, 11) is 0. The summed E-state index contributed by atoms with van der Waals surface area (Å²) in [4.78, 5) is 39.4. The second-order valence-corrected chi connectivity index (χ2v) is 7.01. The zero-order valence-corrected chi connectivity index (χ0v) is 16.2. The van der Waals surface area contributed by atoms with E-state index in [4.69, 9.17) is 16.0 Å². The van der Waals surface area contributed by atoms with Gasteiger partial charge in [-0.1, -0.05) is 11.6 Å². The van der Waals surface area contributed by atoms with Crippen LogP contribution in [0.4, 0.5) is 4.79 Å². The highest BCUT2D eigenvalue weighted by molar-refractivity contribution is 5.83. The fourth-order valence-electron chi connectivity index (χ4n) is 3.11. The number of aliphatic carboxylic acids is 1. The van der Waals surface area contributed by atoms with Crippen LogP contribution < -0.4 is 27.4 Å². The van der Waals surface area contributed by atoms with Crippen molar-refractivity contribution in [2.24, 2.45) is 11.5 Å². The molecule has 0 aliphatic carbocycles. The van der Waals surface area contributed by atoms with E-state index in [0.717, 1.165) is 25.8 Å². The van der Waals surface area contributed by atoms with Crippen molar-refractivity contribution in [1.29, 1.82) is 0 Å². The lowest BCUT2D eigenvalue weighted by Gasteiger charge is -2.20. The fourth-order valence-corrected chi connectivity index (χ4v) is 3.11. The molecule has 0 unspecified atom stereocenters. The Morgan fingerprint density at radius 2 is 2.07 bits per heavy atom. The number of urea groups is 1. The molecule has 1 aliphatic heterocycles. The number of nitrogens with one attached hydrogen (secondary N) is 3. The molecule has 0 bridgehead atoms. The Labute approximate surface area is 168 Å². The maximum Gasteiger partial charge on any atom is 0.326 e. The minimum Gasteiger partial charge on any atom is -0.480 e. The second kappa shape index (κ2) is 11.3. The predicted molar refractivity (Wildman–Crippen MR) is 101 cm³/mol. The lowest BCUT2D eigenvalue weighted by Crippen LogP contribution is -2.47. The number of unbranched alkanes of at least 4 members (excludes halogenated alkanes) is 1. The summed E-state index contributed by atoms with van der Waals surface area (Å²) in [6, 6.07) is -2.87. The Hall–Kier alpha value is -2.73. The highest BCUT2D eigenvalue weighted by Gasteiger charge is 2.28. The number of carboxylic acid groups (broad SMARTS) is 1. The van der Waals surface area contributed by atoms with Crippen LogP contribution in [0.1, 0.15) is 68.7 Å². The number of hydrogen-bond acceptors (Lipinski definition) is 8. The van der Waals surface area contributed by atoms with Gasteiger partial charge in [-0.15, -0.1) is 0 Å². The summed E-state index contributed by atoms with van der Waals surface area (Å²) in [5.74, 6) is -1.35. The average molecular weight is 411 g/mol. The van der Waals surface area contributed by atoms with Gasteiger partial charge >= 0.3 is 12.0 Å². The Kier molecular flexibility index (Phi) is 8.80. The third-order valence-electron chi connectivity index (χ3n) is 4.64. The van der Waals surface area contributed by atoms with Crippen molar-refractivity contribution >= 4 is 17.9 Å². The van der Waals surface area contributed by atoms with E-state index in [2.05, 4.69) is 26.1 Å². The molecule has 0 aromatic carbocycles. The van der Waals surface area contributed by atoms with E-state index in [9.17, 15) is 19.5 Å². The summed E-state index contributed by atoms with van der Waals surface area (Å²) in [5, 5.41) is 21.4. The molecule has 2 heterocycles. The van der Waals surface area contributed by atoms with Crippen LogP contribution in [-0.4, -0.2) is 52.3 Å². The van der Waals surface area contributed by atoms with Crippen molar-refractivity contribution in [1.82, 2.24) is 26.1 Å². The summed E-state index contributed by atoms with van der Waals surface area (Å²) in [6.07, 6.45) is 4.14. The maximum absolute atomic E-state index is 12.3. The standard InChI is InChI=1S/C17H29N7O5/c18-7-3-1-6-11(16(26)27)21-17(28)22-12(9-13(19)25)15-23-14(24-29-15)10-5-2-4-8-20-10/h10-12,20H,1-9,18H2,(H2,19,25)(H,26,27)(H2,21,22,28)/t10-,11+,12+/m1/s1. The van der Waals surface area contributed by atoms with Crippen LogP contribution in [0.3, 0.4) is 0 Å². The molecular formula is C17H29N7O5. The molecule has 3 amide bonds. The molecule has 0 radical (unpaired) electrons. The van der Waals surface area contributed by atoms with Crippen molar-refractivity contribution in [3.63, 3.8) is 0 Å². The Bertz CT molecular complexity index is 689. The summed E-state index contributed by atoms with van der Waals surface area (Å²) >= 11 is 0. The molecule has 12 heteroatoms. The number of piperidine rings is 1. The molecule has 2 rings (SSSR count). The highest BCUT2D eigenvalue weighted by atomic mass is 16.5. The summed E-state index contributed by atoms with van der Waals surface area (Å²) in [5.41, 5.74) is 10.7. The molecule has 8 N–H and O–H groups in total. The van der Waals surface area contributed by atoms with Crippen LogP contribution in [0.25, 0.3) is 0 Å². The van der Waals surface area contributed by atoms with E-state index in [-0.39, 0.29) is 24.8 Å². The van der Waals surface area contributed by atoms with Gasteiger partial charge < -0.3 is 37.0 Å². The molecule has 1 saturated heterocycles. The van der Waals surface area contributed by atoms with Crippen LogP contribution in [0.5, 0.6) is 0 Å². The zero-order chi connectivity index (χ0) is 21.2. The van der Waals surface area contributed by atoms with Gasteiger partial charge in [0.15, 0.2) is 5.82 Å². The maximum atomic E-state index is 12.3. The van der Waals surface area contributed by atoms with E-state index in [1.807, 2.05) is 0 Å². The molecule has 1 aliphatic rings. The van der Waals surface area contributed by atoms with E-state index in [0.29, 0.717) is 25.2 Å². The van der Waals surface area contributed by atoms with Gasteiger partial charge in [-0.25, -0.2) is 9.59 Å². The molecule has 3 atom stereocenters. The Morgan fingerprint density at radius 3 is 2.69 bits per heavy atom. The second-order valence-electron chi connectivity index (χ2n) is 7.01. The first-order valence-electron chi connectivity index (χ1n) is 9.75. The number of carboxylic acids is 1. The van der Waals surface area contributed by atoms with Crippen molar-refractivity contribution in [3.05, 3.63) is 11.7 Å². The quantitative estimate of drug-likeness (QED) is 0.264. The number of carbonyl (C=O) groups is 3. The van der Waals surface area contributed by atoms with Gasteiger partial charge in [0.1, 0.15) is 12.1 Å². The van der Waals surface area contributed by atoms with Crippen LogP contribution in [0, 0.1) is 0 Å². The van der Waals surface area contributed by atoms with Crippen LogP contribution in [-0.2, 0) is 9.59 Å². The number of hydrogen-bond donors (Lipinski definition) is 6. The van der Waals surface area contributed by atoms with Crippen LogP contribution >= 0.6 is 0 Å². The highest BCUT2D eigenvalue weighted by Crippen LogP contribution is 2.23. The molecule has 1 fully saturated rings. The van der Waals surface area contributed by atoms with E-state index in [1.165, 1.54) is 0 Å². The first-order valence-corrected chi connectivity index (χ1v) is 9.75. The number of nitrogens with two attached hydrogens (primary N) is 2. The van der Waals surface area contributed by atoms with Gasteiger partial charge in [0, 0.05) is 0 Å². The van der Waals surface area contributed by atoms with Crippen LogP contribution in [0.15, 0.2) is 4.52 Å². The normalized spacial score (nSPS) is 18.6. The lowest BCUT2D eigenvalue weighted by atomic mass is 10.0. The Morgan fingerprint density at radius 1 is 1.28 bits per heavy atom. The molecule has 1 aromatic heterocycles. The van der Waals surface area contributed by atoms with Gasteiger partial charge in [-0.05, 0) is 45.2 Å². The van der Waals surface area contributed by atoms with E-state index < -0.39 is 30.0 Å². The minimum atomic E-state index is -1.16. The SMILES string of the molecule is NCCCC[C@H](NC(=O)N[C@@H](CC(N)=O)c1nc([C@H]2CCCCN2)no1)C(=O)O. The van der Waals surface area contributed by atoms with Gasteiger partial charge in [-0.3, -0.25) is 4.79 Å². The summed E-state index contributed by atoms with van der Waals surface area (Å²) in [6.45, 7) is 1.29. The van der Waals surface area contributed by atoms with Crippen molar-refractivity contribution < 1.29 is 24.0 Å². The fraction of sp³-hybridized carbons (Fsp3) is 0.706. The number of aromatic nitrogens is 2. The van der Waals surface area contributed by atoms with Crippen LogP contribution in [0.2, 0.25) is 0 Å². The third kappa shape index (κ3) is 7.31. The molecular weight excluding hydrogens is 382 g/mol. The molecule has 12 nitrogen and oxygen atoms in total. The monoisotopic (exact) mass is 411 g/mol. The molecule has 29 heavy (non-hydrogen) atoms. The number of rotatable bonds is 11. The van der Waals surface area contributed by atoms with Gasteiger partial charge in [0.25, 0.3) is 0 Å². The van der Waals surface area contributed by atoms with E-state index in [1.54, 1.807) is 0 Å². The lowest BCUT2D eigenvalue weighted by molar-refractivity contribution is -0.139. The van der Waals surface area contributed by atoms with Crippen molar-refractivity contribution in [2.75, 3.05) is 13.1 Å². The summed E-state index contributed by atoms with van der Waals surface area (Å²) < 4.78 is 5.23. The number of nitrogens with zero attached hydrogens (tertiary/aromatic N) is 2. The Balaban J connectivity index is 2.02.